The molecule has 0 unspecified atom stereocenters. The maximum absolute atomic E-state index is 6.08. The Labute approximate surface area is 124 Å². The maximum atomic E-state index is 6.08. The van der Waals surface area contributed by atoms with E-state index in [1.54, 1.807) is 6.07 Å². The molecule has 108 valence electrons. The third kappa shape index (κ3) is 2.50. The molecule has 0 radical (unpaired) electrons. The van der Waals surface area contributed by atoms with Gasteiger partial charge in [-0.25, -0.2) is 4.68 Å². The first-order chi connectivity index (χ1) is 9.56. The van der Waals surface area contributed by atoms with E-state index < -0.39 is 0 Å². The first-order valence-corrected chi connectivity index (χ1v) is 7.29. The summed E-state index contributed by atoms with van der Waals surface area (Å²) in [6, 6.07) is 5.40. The molecule has 1 aromatic heterocycles. The van der Waals surface area contributed by atoms with Gasteiger partial charge >= 0.3 is 0 Å². The average Bonchev–Trinajstić information content (AvgIpc) is 2.90. The Morgan fingerprint density at radius 3 is 2.35 bits per heavy atom. The molecule has 0 aliphatic rings. The van der Waals surface area contributed by atoms with E-state index in [1.165, 1.54) is 0 Å². The van der Waals surface area contributed by atoms with Crippen LogP contribution in [0.15, 0.2) is 18.2 Å². The van der Waals surface area contributed by atoms with Crippen molar-refractivity contribution in [3.8, 4) is 11.4 Å². The second-order valence-electron chi connectivity index (χ2n) is 4.97. The van der Waals surface area contributed by atoms with Crippen molar-refractivity contribution in [2.24, 2.45) is 0 Å². The minimum atomic E-state index is -0.0735. The van der Waals surface area contributed by atoms with Crippen LogP contribution in [0, 0.1) is 0 Å². The topological polar surface area (TPSA) is 69.6 Å². The van der Waals surface area contributed by atoms with E-state index in [-0.39, 0.29) is 5.54 Å². The summed E-state index contributed by atoms with van der Waals surface area (Å²) in [5.74, 6) is 0.713. The monoisotopic (exact) mass is 293 g/mol. The fourth-order valence-electron chi connectivity index (χ4n) is 2.63. The second-order valence-corrected chi connectivity index (χ2v) is 5.41. The highest BCUT2D eigenvalue weighted by atomic mass is 35.5. The fraction of sp³-hybridized carbons (Fsp3) is 0.500. The van der Waals surface area contributed by atoms with E-state index >= 15 is 0 Å². The molecule has 2 N–H and O–H groups in total. The van der Waals surface area contributed by atoms with Gasteiger partial charge in [-0.15, -0.1) is 5.10 Å². The van der Waals surface area contributed by atoms with Gasteiger partial charge in [-0.1, -0.05) is 32.4 Å². The highest BCUT2D eigenvalue weighted by Gasteiger charge is 2.30. The molecule has 0 aliphatic carbocycles. The van der Waals surface area contributed by atoms with E-state index in [0.717, 1.165) is 24.8 Å². The zero-order valence-electron chi connectivity index (χ0n) is 12.1. The van der Waals surface area contributed by atoms with Crippen LogP contribution in [-0.2, 0) is 5.54 Å². The quantitative estimate of drug-likeness (QED) is 0.857. The van der Waals surface area contributed by atoms with E-state index in [9.17, 15) is 0 Å². The number of anilines is 1. The lowest BCUT2D eigenvalue weighted by molar-refractivity contribution is 0.223. The summed E-state index contributed by atoms with van der Waals surface area (Å²) in [5, 5.41) is 12.8. The van der Waals surface area contributed by atoms with Crippen LogP contribution in [0.4, 0.5) is 5.69 Å². The Bertz CT molecular complexity index is 560. The van der Waals surface area contributed by atoms with Gasteiger partial charge in [0.2, 0.25) is 0 Å². The van der Waals surface area contributed by atoms with Crippen LogP contribution in [-0.4, -0.2) is 20.2 Å². The first-order valence-electron chi connectivity index (χ1n) is 6.91. The number of nitrogens with zero attached hydrogens (tertiary/aromatic N) is 4. The Kier molecular flexibility index (Phi) is 4.28. The standard InChI is InChI=1S/C14H20ClN5/c1-4-14(5-2,6-3)20-13(17-18-19-20)10-7-11(15)9-12(16)8-10/h7-9H,4-6,16H2,1-3H3. The summed E-state index contributed by atoms with van der Waals surface area (Å²) < 4.78 is 1.91. The van der Waals surface area contributed by atoms with Gasteiger partial charge in [0.1, 0.15) is 0 Å². The van der Waals surface area contributed by atoms with Gasteiger partial charge in [0.25, 0.3) is 0 Å². The predicted molar refractivity (Wildman–Crippen MR) is 81.5 cm³/mol. The zero-order chi connectivity index (χ0) is 14.8. The molecule has 0 aliphatic heterocycles. The largest absolute Gasteiger partial charge is 0.399 e. The molecule has 0 saturated carbocycles. The SMILES string of the molecule is CCC(CC)(CC)n1nnnc1-c1cc(N)cc(Cl)c1. The molecule has 0 saturated heterocycles. The van der Waals surface area contributed by atoms with Crippen LogP contribution in [0.2, 0.25) is 5.02 Å². The summed E-state index contributed by atoms with van der Waals surface area (Å²) in [6.07, 6.45) is 2.90. The van der Waals surface area contributed by atoms with Crippen LogP contribution < -0.4 is 5.73 Å². The third-order valence-corrected chi connectivity index (χ3v) is 4.29. The molecule has 2 rings (SSSR count). The average molecular weight is 294 g/mol. The molecule has 0 bridgehead atoms. The number of rotatable bonds is 5. The second kappa shape index (κ2) is 5.79. The van der Waals surface area contributed by atoms with Crippen molar-refractivity contribution in [2.75, 3.05) is 5.73 Å². The van der Waals surface area contributed by atoms with Crippen molar-refractivity contribution in [3.63, 3.8) is 0 Å². The number of halogens is 1. The Balaban J connectivity index is 2.57. The minimum absolute atomic E-state index is 0.0735. The third-order valence-electron chi connectivity index (χ3n) is 4.07. The van der Waals surface area contributed by atoms with Crippen LogP contribution >= 0.6 is 11.6 Å². The number of nitrogen functional groups attached to an aromatic ring is 1. The predicted octanol–water partition coefficient (Wildman–Crippen LogP) is 3.50. The highest BCUT2D eigenvalue weighted by Crippen LogP contribution is 2.33. The molecular formula is C14H20ClN5. The van der Waals surface area contributed by atoms with Crippen molar-refractivity contribution >= 4 is 17.3 Å². The Morgan fingerprint density at radius 1 is 1.15 bits per heavy atom. The van der Waals surface area contributed by atoms with Crippen molar-refractivity contribution in [1.29, 1.82) is 0 Å². The van der Waals surface area contributed by atoms with Gasteiger partial charge in [0, 0.05) is 16.3 Å². The van der Waals surface area contributed by atoms with E-state index in [4.69, 9.17) is 17.3 Å². The summed E-state index contributed by atoms with van der Waals surface area (Å²) in [4.78, 5) is 0. The maximum Gasteiger partial charge on any atom is 0.182 e. The molecule has 1 aromatic carbocycles. The van der Waals surface area contributed by atoms with Gasteiger partial charge in [0.15, 0.2) is 5.82 Å². The summed E-state index contributed by atoms with van der Waals surface area (Å²) in [7, 11) is 0. The van der Waals surface area contributed by atoms with Crippen LogP contribution in [0.25, 0.3) is 11.4 Å². The van der Waals surface area contributed by atoms with Crippen molar-refractivity contribution < 1.29 is 0 Å². The molecule has 1 heterocycles. The Hall–Kier alpha value is -1.62. The normalized spacial score (nSPS) is 11.8. The molecule has 6 heteroatoms. The van der Waals surface area contributed by atoms with Crippen LogP contribution in [0.1, 0.15) is 40.0 Å². The van der Waals surface area contributed by atoms with E-state index in [1.807, 2.05) is 16.8 Å². The smallest absolute Gasteiger partial charge is 0.182 e. The lowest BCUT2D eigenvalue weighted by Gasteiger charge is -2.31. The molecule has 5 nitrogen and oxygen atoms in total. The van der Waals surface area contributed by atoms with Crippen molar-refractivity contribution in [1.82, 2.24) is 20.2 Å². The molecule has 2 aromatic rings. The van der Waals surface area contributed by atoms with Gasteiger partial charge < -0.3 is 5.73 Å². The number of aromatic nitrogens is 4. The minimum Gasteiger partial charge on any atom is -0.399 e. The zero-order valence-corrected chi connectivity index (χ0v) is 12.9. The molecule has 0 fully saturated rings. The highest BCUT2D eigenvalue weighted by molar-refractivity contribution is 6.31. The van der Waals surface area contributed by atoms with Crippen molar-refractivity contribution in [3.05, 3.63) is 23.2 Å². The van der Waals surface area contributed by atoms with E-state index in [0.29, 0.717) is 16.5 Å². The lowest BCUT2D eigenvalue weighted by Crippen LogP contribution is -2.33. The number of tetrazole rings is 1. The number of hydrogen-bond acceptors (Lipinski definition) is 4. The lowest BCUT2D eigenvalue weighted by atomic mass is 9.89. The van der Waals surface area contributed by atoms with E-state index in [2.05, 4.69) is 36.3 Å². The van der Waals surface area contributed by atoms with Gasteiger partial charge in [0.05, 0.1) is 5.54 Å². The van der Waals surface area contributed by atoms with Gasteiger partial charge in [-0.05, 0) is 47.9 Å². The molecule has 0 atom stereocenters. The Morgan fingerprint density at radius 2 is 1.80 bits per heavy atom. The number of hydrogen-bond donors (Lipinski definition) is 1. The first kappa shape index (κ1) is 14.8. The van der Waals surface area contributed by atoms with Crippen LogP contribution in [0.5, 0.6) is 0 Å². The van der Waals surface area contributed by atoms with Gasteiger partial charge in [-0.2, -0.15) is 0 Å². The van der Waals surface area contributed by atoms with Crippen LogP contribution in [0.3, 0.4) is 0 Å². The number of nitrogens with two attached hydrogens (primary N) is 1. The van der Waals surface area contributed by atoms with Crippen molar-refractivity contribution in [2.45, 2.75) is 45.6 Å². The summed E-state index contributed by atoms with van der Waals surface area (Å²) in [6.45, 7) is 6.47. The molecule has 20 heavy (non-hydrogen) atoms. The number of benzene rings is 1. The molecular weight excluding hydrogens is 274 g/mol. The summed E-state index contributed by atoms with van der Waals surface area (Å²) >= 11 is 6.08. The molecule has 0 spiro atoms. The fourth-order valence-corrected chi connectivity index (χ4v) is 2.87. The van der Waals surface area contributed by atoms with Gasteiger partial charge in [-0.3, -0.25) is 0 Å². The molecule has 0 amide bonds. The summed E-state index contributed by atoms with van der Waals surface area (Å²) in [5.41, 5.74) is 7.24.